The molecule has 0 fully saturated rings. The predicted octanol–water partition coefficient (Wildman–Crippen LogP) is 3.04. The summed E-state index contributed by atoms with van der Waals surface area (Å²) in [5.74, 6) is 0.284. The Morgan fingerprint density at radius 3 is 2.54 bits per heavy atom. The Morgan fingerprint density at radius 1 is 1.62 bits per heavy atom. The predicted molar refractivity (Wildman–Crippen MR) is 54.2 cm³/mol. The summed E-state index contributed by atoms with van der Waals surface area (Å²) in [6.45, 7) is 8.36. The molecule has 0 N–H and O–H groups in total. The number of hydrogen-bond acceptors (Lipinski definition) is 3. The molecular weight excluding hydrogens is 213 g/mol. The molecule has 0 aromatic heterocycles. The van der Waals surface area contributed by atoms with E-state index in [0.717, 1.165) is 0 Å². The standard InChI is InChI=1S/C7H9ClNO3P/c1-6(9(10)11)4-5-7(2)12-13(3)8/h4-5H,1-2H2,3H3/b5-4-. The lowest BCUT2D eigenvalue weighted by molar-refractivity contribution is -0.418. The molecule has 0 aliphatic heterocycles. The first-order valence-electron chi connectivity index (χ1n) is 3.21. The van der Waals surface area contributed by atoms with E-state index >= 15 is 0 Å². The Hall–Kier alpha value is -0.860. The van der Waals surface area contributed by atoms with Gasteiger partial charge in [0, 0.05) is 12.7 Å². The van der Waals surface area contributed by atoms with Crippen LogP contribution in [0.15, 0.2) is 36.8 Å². The number of nitrogens with zero attached hydrogens (tertiary/aromatic N) is 1. The molecule has 0 aliphatic carbocycles. The van der Waals surface area contributed by atoms with E-state index in [-0.39, 0.29) is 11.5 Å². The van der Waals surface area contributed by atoms with Crippen molar-refractivity contribution in [2.45, 2.75) is 0 Å². The topological polar surface area (TPSA) is 52.4 Å². The summed E-state index contributed by atoms with van der Waals surface area (Å²) in [5, 5.41) is 10.1. The van der Waals surface area contributed by atoms with Gasteiger partial charge in [0.1, 0.15) is 5.76 Å². The van der Waals surface area contributed by atoms with Crippen molar-refractivity contribution in [3.63, 3.8) is 0 Å². The average Bonchev–Trinajstić information content (AvgIpc) is 1.98. The van der Waals surface area contributed by atoms with E-state index < -0.39 is 12.4 Å². The van der Waals surface area contributed by atoms with E-state index in [1.807, 2.05) is 0 Å². The molecule has 0 aromatic rings. The summed E-state index contributed by atoms with van der Waals surface area (Å²) in [5.41, 5.74) is -0.222. The highest BCUT2D eigenvalue weighted by atomic mass is 35.7. The van der Waals surface area contributed by atoms with Crippen LogP contribution in [-0.2, 0) is 4.52 Å². The zero-order chi connectivity index (χ0) is 10.4. The molecule has 0 bridgehead atoms. The second-order valence-electron chi connectivity index (χ2n) is 2.06. The normalized spacial score (nSPS) is 12.5. The van der Waals surface area contributed by atoms with Crippen LogP contribution in [0.25, 0.3) is 0 Å². The maximum atomic E-state index is 10.1. The number of halogens is 1. The van der Waals surface area contributed by atoms with Crippen molar-refractivity contribution in [3.8, 4) is 0 Å². The zero-order valence-corrected chi connectivity index (χ0v) is 8.72. The summed E-state index contributed by atoms with van der Waals surface area (Å²) in [6, 6.07) is 0. The number of allylic oxidation sites excluding steroid dienone is 2. The minimum absolute atomic E-state index is 0.222. The third kappa shape index (κ3) is 6.31. The van der Waals surface area contributed by atoms with E-state index in [1.165, 1.54) is 12.2 Å². The van der Waals surface area contributed by atoms with Gasteiger partial charge in [-0.15, -0.1) is 0 Å². The third-order valence-electron chi connectivity index (χ3n) is 0.939. The van der Waals surface area contributed by atoms with Crippen molar-refractivity contribution in [2.75, 3.05) is 6.66 Å². The van der Waals surface area contributed by atoms with Gasteiger partial charge in [0.25, 0.3) is 5.70 Å². The average molecular weight is 222 g/mol. The zero-order valence-electron chi connectivity index (χ0n) is 7.07. The molecule has 0 amide bonds. The molecule has 0 rings (SSSR count). The summed E-state index contributed by atoms with van der Waals surface area (Å²) >= 11 is 5.54. The van der Waals surface area contributed by atoms with Crippen LogP contribution in [-0.4, -0.2) is 11.6 Å². The Balaban J connectivity index is 4.05. The maximum absolute atomic E-state index is 10.1. The molecule has 0 aromatic carbocycles. The Bertz CT molecular complexity index is 262. The van der Waals surface area contributed by atoms with Crippen molar-refractivity contribution in [1.29, 1.82) is 0 Å². The van der Waals surface area contributed by atoms with Crippen molar-refractivity contribution in [2.24, 2.45) is 0 Å². The molecule has 1 atom stereocenters. The Morgan fingerprint density at radius 2 is 2.15 bits per heavy atom. The van der Waals surface area contributed by atoms with E-state index in [0.29, 0.717) is 0 Å². The van der Waals surface area contributed by atoms with Crippen LogP contribution in [0.2, 0.25) is 0 Å². The first-order chi connectivity index (χ1) is 5.93. The van der Waals surface area contributed by atoms with Gasteiger partial charge in [-0.25, -0.2) is 0 Å². The quantitative estimate of drug-likeness (QED) is 0.236. The first kappa shape index (κ1) is 12.1. The first-order valence-corrected chi connectivity index (χ1v) is 5.82. The monoisotopic (exact) mass is 221 g/mol. The van der Waals surface area contributed by atoms with Crippen LogP contribution in [0.3, 0.4) is 0 Å². The van der Waals surface area contributed by atoms with Gasteiger partial charge in [-0.1, -0.05) is 17.8 Å². The number of hydrogen-bond donors (Lipinski definition) is 0. The summed E-state index contributed by atoms with van der Waals surface area (Å²) in [6.07, 6.45) is 2.56. The van der Waals surface area contributed by atoms with Crippen molar-refractivity contribution in [3.05, 3.63) is 46.9 Å². The molecule has 0 aliphatic rings. The van der Waals surface area contributed by atoms with E-state index in [9.17, 15) is 10.1 Å². The lowest BCUT2D eigenvalue weighted by atomic mass is 10.4. The van der Waals surface area contributed by atoms with Crippen LogP contribution >= 0.6 is 18.7 Å². The Labute approximate surface area is 82.3 Å². The summed E-state index contributed by atoms with van der Waals surface area (Å²) < 4.78 is 4.97. The molecule has 1 unspecified atom stereocenters. The molecule has 0 saturated carbocycles. The highest BCUT2D eigenvalue weighted by Gasteiger charge is 2.01. The fraction of sp³-hybridized carbons (Fsp3) is 0.143. The molecular formula is C7H9ClNO3P. The largest absolute Gasteiger partial charge is 0.459 e. The smallest absolute Gasteiger partial charge is 0.262 e. The molecule has 6 heteroatoms. The van der Waals surface area contributed by atoms with Gasteiger partial charge in [0.05, 0.1) is 4.92 Å². The van der Waals surface area contributed by atoms with Gasteiger partial charge in [0.2, 0.25) is 0 Å². The van der Waals surface area contributed by atoms with Gasteiger partial charge >= 0.3 is 0 Å². The summed E-state index contributed by atoms with van der Waals surface area (Å²) in [4.78, 5) is 9.50. The fourth-order valence-electron chi connectivity index (χ4n) is 0.442. The highest BCUT2D eigenvalue weighted by molar-refractivity contribution is 7.79. The van der Waals surface area contributed by atoms with E-state index in [1.54, 1.807) is 6.66 Å². The van der Waals surface area contributed by atoms with Crippen LogP contribution < -0.4 is 0 Å². The minimum atomic E-state index is -1.06. The highest BCUT2D eigenvalue weighted by Crippen LogP contribution is 2.40. The third-order valence-corrected chi connectivity index (χ3v) is 1.63. The van der Waals surface area contributed by atoms with Crippen LogP contribution in [0.4, 0.5) is 0 Å². The minimum Gasteiger partial charge on any atom is -0.459 e. The van der Waals surface area contributed by atoms with Gasteiger partial charge in [-0.05, 0) is 12.7 Å². The molecule has 4 nitrogen and oxygen atoms in total. The number of rotatable bonds is 5. The lowest BCUT2D eigenvalue weighted by Gasteiger charge is -2.04. The van der Waals surface area contributed by atoms with Crippen LogP contribution in [0.5, 0.6) is 0 Å². The molecule has 13 heavy (non-hydrogen) atoms. The van der Waals surface area contributed by atoms with E-state index in [2.05, 4.69) is 13.2 Å². The molecule has 0 spiro atoms. The Kier molecular flexibility index (Phi) is 5.35. The van der Waals surface area contributed by atoms with E-state index in [4.69, 9.17) is 15.8 Å². The maximum Gasteiger partial charge on any atom is 0.262 e. The SMILES string of the molecule is C=C(/C=C\C(=C)[N+](=O)[O-])OP(C)Cl. The van der Waals surface area contributed by atoms with Gasteiger partial charge in [0.15, 0.2) is 7.50 Å². The van der Waals surface area contributed by atoms with Crippen molar-refractivity contribution >= 4 is 18.7 Å². The number of nitro groups is 1. The second kappa shape index (κ2) is 5.73. The molecule has 0 radical (unpaired) electrons. The molecule has 0 heterocycles. The van der Waals surface area contributed by atoms with Crippen molar-refractivity contribution < 1.29 is 9.45 Å². The van der Waals surface area contributed by atoms with Gasteiger partial charge in [-0.3, -0.25) is 10.1 Å². The van der Waals surface area contributed by atoms with Crippen LogP contribution in [0.1, 0.15) is 0 Å². The summed E-state index contributed by atoms with van der Waals surface area (Å²) in [7, 11) is -1.06. The molecule has 0 saturated heterocycles. The van der Waals surface area contributed by atoms with Crippen molar-refractivity contribution in [1.82, 2.24) is 0 Å². The van der Waals surface area contributed by atoms with Gasteiger partial charge in [-0.2, -0.15) is 0 Å². The van der Waals surface area contributed by atoms with Gasteiger partial charge < -0.3 is 4.52 Å². The molecule has 72 valence electrons. The fourth-order valence-corrected chi connectivity index (χ4v) is 1.09. The lowest BCUT2D eigenvalue weighted by Crippen LogP contribution is -1.92. The second-order valence-corrected chi connectivity index (χ2v) is 4.51. The van der Waals surface area contributed by atoms with Crippen LogP contribution in [0, 0.1) is 10.1 Å².